The summed E-state index contributed by atoms with van der Waals surface area (Å²) in [7, 11) is 0. The van der Waals surface area contributed by atoms with Crippen molar-refractivity contribution in [3.8, 4) is 17.2 Å². The smallest absolute Gasteiger partial charge is 0.418 e. The van der Waals surface area contributed by atoms with Crippen molar-refractivity contribution in [3.05, 3.63) is 137 Å². The first-order valence-corrected chi connectivity index (χ1v) is 14.2. The molecule has 218 valence electrons. The number of nitrogens with one attached hydrogen (secondary N) is 1. The molecule has 9 heteroatoms. The number of halogens is 3. The van der Waals surface area contributed by atoms with Crippen molar-refractivity contribution in [2.75, 3.05) is 4.90 Å². The Bertz CT molecular complexity index is 1780. The molecule has 0 amide bonds. The monoisotopic (exact) mass is 598 g/mol. The molecule has 0 radical (unpaired) electrons. The van der Waals surface area contributed by atoms with E-state index in [0.717, 1.165) is 34.3 Å². The summed E-state index contributed by atoms with van der Waals surface area (Å²) in [5, 5.41) is 3.93. The number of hydrogen-bond acceptors (Lipinski definition) is 3. The van der Waals surface area contributed by atoms with Crippen molar-refractivity contribution in [2.24, 2.45) is 0 Å². The summed E-state index contributed by atoms with van der Waals surface area (Å²) in [5.41, 5.74) is 4.24. The van der Waals surface area contributed by atoms with Crippen molar-refractivity contribution in [2.45, 2.75) is 39.0 Å². The molecule has 1 aliphatic rings. The molecule has 0 unspecified atom stereocenters. The summed E-state index contributed by atoms with van der Waals surface area (Å²) in [6, 6.07) is 28.0. The molecule has 3 heterocycles. The maximum Gasteiger partial charge on any atom is 0.418 e. The van der Waals surface area contributed by atoms with Crippen LogP contribution in [0.4, 0.5) is 18.9 Å². The van der Waals surface area contributed by atoms with Gasteiger partial charge in [-0.2, -0.15) is 13.2 Å². The number of rotatable bonds is 6. The minimum Gasteiger partial charge on any atom is -0.457 e. The van der Waals surface area contributed by atoms with Crippen LogP contribution < -0.4 is 15.0 Å². The van der Waals surface area contributed by atoms with Crippen molar-refractivity contribution in [3.63, 3.8) is 0 Å². The van der Waals surface area contributed by atoms with E-state index in [0.29, 0.717) is 22.2 Å². The third-order valence-electron chi connectivity index (χ3n) is 7.77. The first kappa shape index (κ1) is 28.5. The largest absolute Gasteiger partial charge is 0.457 e. The van der Waals surface area contributed by atoms with Gasteiger partial charge in [-0.05, 0) is 105 Å². The first-order chi connectivity index (χ1) is 20.6. The van der Waals surface area contributed by atoms with E-state index >= 15 is 0 Å². The molecule has 43 heavy (non-hydrogen) atoms. The molecule has 0 spiro atoms. The molecule has 1 aliphatic heterocycles. The van der Waals surface area contributed by atoms with Crippen molar-refractivity contribution >= 4 is 23.0 Å². The number of benzene rings is 3. The molecule has 2 aromatic heterocycles. The van der Waals surface area contributed by atoms with E-state index in [1.165, 1.54) is 12.1 Å². The highest BCUT2D eigenvalue weighted by molar-refractivity contribution is 7.80. The standard InChI is InChI=1S/C34H29F3N4OS/c1-21-10-4-7-14-30(21)42-25-17-15-24(16-18-25)41-32(31(39-33(41)43)28-12-8-9-19-38-28)26-20-22(2)40(23(26)3)29-13-6-5-11-27(29)34(35,36)37/h4-20,31-32H,1-3H3,(H,39,43)/t31-,32-/m0/s1. The van der Waals surface area contributed by atoms with Crippen LogP contribution in [0, 0.1) is 20.8 Å². The minimum absolute atomic E-state index is 0.0865. The van der Waals surface area contributed by atoms with Gasteiger partial charge in [-0.25, -0.2) is 0 Å². The Hall–Kier alpha value is -4.63. The normalized spacial score (nSPS) is 16.8. The molecule has 3 aromatic carbocycles. The number of anilines is 1. The van der Waals surface area contributed by atoms with Gasteiger partial charge in [0.15, 0.2) is 5.11 Å². The van der Waals surface area contributed by atoms with Crippen LogP contribution in [0.3, 0.4) is 0 Å². The molecular formula is C34H29F3N4OS. The summed E-state index contributed by atoms with van der Waals surface area (Å²) in [4.78, 5) is 6.62. The van der Waals surface area contributed by atoms with E-state index in [2.05, 4.69) is 10.3 Å². The maximum atomic E-state index is 14.0. The Labute approximate surface area is 253 Å². The second-order valence-corrected chi connectivity index (χ2v) is 10.9. The quantitative estimate of drug-likeness (QED) is 0.198. The number of ether oxygens (including phenoxy) is 1. The molecule has 1 N–H and O–H groups in total. The third-order valence-corrected chi connectivity index (χ3v) is 8.09. The second-order valence-electron chi connectivity index (χ2n) is 10.5. The summed E-state index contributed by atoms with van der Waals surface area (Å²) in [5.74, 6) is 1.45. The topological polar surface area (TPSA) is 42.3 Å². The molecule has 5 nitrogen and oxygen atoms in total. The Morgan fingerprint density at radius 2 is 1.56 bits per heavy atom. The average molecular weight is 599 g/mol. The van der Waals surface area contributed by atoms with Crippen LogP contribution in [0.25, 0.3) is 5.69 Å². The zero-order valence-electron chi connectivity index (χ0n) is 23.8. The third kappa shape index (κ3) is 5.36. The SMILES string of the molecule is Cc1ccccc1Oc1ccc(N2C(=S)N[C@@H](c3ccccn3)[C@@H]2c2cc(C)n(-c3ccccc3C(F)(F)F)c2C)cc1. The molecule has 0 bridgehead atoms. The number of para-hydroxylation sites is 2. The van der Waals surface area contributed by atoms with E-state index in [9.17, 15) is 13.2 Å². The molecular weight excluding hydrogens is 569 g/mol. The van der Waals surface area contributed by atoms with Crippen molar-refractivity contribution in [1.29, 1.82) is 0 Å². The van der Waals surface area contributed by atoms with Gasteiger partial charge in [0, 0.05) is 23.3 Å². The summed E-state index contributed by atoms with van der Waals surface area (Å²) >= 11 is 5.88. The lowest BCUT2D eigenvalue weighted by atomic mass is 9.96. The van der Waals surface area contributed by atoms with Crippen LogP contribution in [0.15, 0.2) is 103 Å². The Morgan fingerprint density at radius 3 is 2.26 bits per heavy atom. The summed E-state index contributed by atoms with van der Waals surface area (Å²) in [6.07, 6.45) is -2.78. The Kier molecular flexibility index (Phi) is 7.43. The number of thiocarbonyl (C=S) groups is 1. The van der Waals surface area contributed by atoms with Gasteiger partial charge >= 0.3 is 6.18 Å². The van der Waals surface area contributed by atoms with Gasteiger partial charge in [0.2, 0.25) is 0 Å². The van der Waals surface area contributed by atoms with Crippen LogP contribution in [-0.4, -0.2) is 14.7 Å². The molecule has 1 fully saturated rings. The fourth-order valence-corrected chi connectivity index (χ4v) is 6.13. The lowest BCUT2D eigenvalue weighted by Gasteiger charge is -2.28. The summed E-state index contributed by atoms with van der Waals surface area (Å²) in [6.45, 7) is 5.66. The molecule has 0 saturated carbocycles. The second kappa shape index (κ2) is 11.2. The van der Waals surface area contributed by atoms with E-state index in [-0.39, 0.29) is 17.8 Å². The number of alkyl halides is 3. The first-order valence-electron chi connectivity index (χ1n) is 13.8. The minimum atomic E-state index is -4.50. The zero-order valence-corrected chi connectivity index (χ0v) is 24.6. The van der Waals surface area contributed by atoms with Gasteiger partial charge in [0.25, 0.3) is 0 Å². The fourth-order valence-electron chi connectivity index (χ4n) is 5.79. The number of pyridine rings is 1. The average Bonchev–Trinajstić information content (AvgIpc) is 3.49. The van der Waals surface area contributed by atoms with Crippen molar-refractivity contribution in [1.82, 2.24) is 14.9 Å². The Morgan fingerprint density at radius 1 is 0.860 bits per heavy atom. The summed E-state index contributed by atoms with van der Waals surface area (Å²) < 4.78 is 49.9. The predicted octanol–water partition coefficient (Wildman–Crippen LogP) is 8.79. The van der Waals surface area contributed by atoms with Gasteiger partial charge < -0.3 is 19.5 Å². The van der Waals surface area contributed by atoms with Crippen LogP contribution in [0.5, 0.6) is 11.5 Å². The van der Waals surface area contributed by atoms with Crippen LogP contribution in [0.1, 0.15) is 45.9 Å². The molecule has 1 saturated heterocycles. The van der Waals surface area contributed by atoms with Gasteiger partial charge in [-0.1, -0.05) is 36.4 Å². The molecule has 6 rings (SSSR count). The van der Waals surface area contributed by atoms with Gasteiger partial charge in [0.05, 0.1) is 29.0 Å². The van der Waals surface area contributed by atoms with Crippen LogP contribution in [-0.2, 0) is 6.18 Å². The molecule has 0 aliphatic carbocycles. The lowest BCUT2D eigenvalue weighted by molar-refractivity contribution is -0.137. The Balaban J connectivity index is 1.44. The lowest BCUT2D eigenvalue weighted by Crippen LogP contribution is -2.29. The van der Waals surface area contributed by atoms with Gasteiger partial charge in [-0.15, -0.1) is 0 Å². The van der Waals surface area contributed by atoms with E-state index in [4.69, 9.17) is 17.0 Å². The van der Waals surface area contributed by atoms with Crippen LogP contribution >= 0.6 is 12.2 Å². The number of aryl methyl sites for hydroxylation is 2. The highest BCUT2D eigenvalue weighted by Crippen LogP contribution is 2.45. The highest BCUT2D eigenvalue weighted by Gasteiger charge is 2.43. The molecule has 5 aromatic rings. The highest BCUT2D eigenvalue weighted by atomic mass is 32.1. The zero-order chi connectivity index (χ0) is 30.3. The number of nitrogens with zero attached hydrogens (tertiary/aromatic N) is 3. The van der Waals surface area contributed by atoms with Gasteiger partial charge in [-0.3, -0.25) is 4.98 Å². The fraction of sp³-hybridized carbons (Fsp3) is 0.176. The van der Waals surface area contributed by atoms with Gasteiger partial charge in [0.1, 0.15) is 11.5 Å². The predicted molar refractivity (Wildman–Crippen MR) is 166 cm³/mol. The molecule has 2 atom stereocenters. The van der Waals surface area contributed by atoms with E-state index in [1.54, 1.807) is 16.8 Å². The van der Waals surface area contributed by atoms with E-state index < -0.39 is 11.7 Å². The maximum absolute atomic E-state index is 14.0. The number of aromatic nitrogens is 2. The van der Waals surface area contributed by atoms with Crippen molar-refractivity contribution < 1.29 is 17.9 Å². The van der Waals surface area contributed by atoms with Crippen LogP contribution in [0.2, 0.25) is 0 Å². The number of hydrogen-bond donors (Lipinski definition) is 1. The van der Waals surface area contributed by atoms with E-state index in [1.807, 2.05) is 98.5 Å².